The van der Waals surface area contributed by atoms with Crippen LogP contribution in [0.3, 0.4) is 0 Å². The van der Waals surface area contributed by atoms with Crippen molar-refractivity contribution in [3.05, 3.63) is 90.9 Å². The summed E-state index contributed by atoms with van der Waals surface area (Å²) in [7, 11) is 0. The monoisotopic (exact) mass is 415 g/mol. The number of hydrogen-bond acceptors (Lipinski definition) is 5. The number of nitrogens with zero attached hydrogens (tertiary/aromatic N) is 2. The van der Waals surface area contributed by atoms with Gasteiger partial charge in [0, 0.05) is 29.3 Å². The predicted octanol–water partition coefficient (Wildman–Crippen LogP) is 5.89. The Hall–Kier alpha value is -3.44. The van der Waals surface area contributed by atoms with E-state index < -0.39 is 6.10 Å². The number of fused-ring (bicyclic) bond motifs is 1. The fraction of sp³-hybridized carbons (Fsp3) is 0.231. The first-order valence-electron chi connectivity index (χ1n) is 10.5. The summed E-state index contributed by atoms with van der Waals surface area (Å²) in [6.07, 6.45) is 5.26. The number of aliphatic hydroxyl groups is 1. The van der Waals surface area contributed by atoms with E-state index in [-0.39, 0.29) is 5.78 Å². The van der Waals surface area contributed by atoms with Crippen LogP contribution in [0.25, 0.3) is 10.9 Å². The molecular formula is C26H29N3O2. The molecule has 0 aliphatic carbocycles. The number of aliphatic hydroxyl groups excluding tert-OH is 1. The van der Waals surface area contributed by atoms with Gasteiger partial charge in [-0.25, -0.2) is 0 Å². The number of para-hydroxylation sites is 2. The van der Waals surface area contributed by atoms with Crippen LogP contribution in [0.4, 0.5) is 11.4 Å². The van der Waals surface area contributed by atoms with Gasteiger partial charge in [-0.3, -0.25) is 9.78 Å². The van der Waals surface area contributed by atoms with Crippen molar-refractivity contribution in [2.75, 3.05) is 11.9 Å². The van der Waals surface area contributed by atoms with Crippen LogP contribution in [-0.2, 0) is 0 Å². The summed E-state index contributed by atoms with van der Waals surface area (Å²) in [6, 6.07) is 13.6. The zero-order valence-electron chi connectivity index (χ0n) is 18.1. The number of anilines is 2. The highest BCUT2D eigenvalue weighted by Gasteiger charge is 2.20. The highest BCUT2D eigenvalue weighted by atomic mass is 16.3. The van der Waals surface area contributed by atoms with E-state index in [0.717, 1.165) is 28.7 Å². The van der Waals surface area contributed by atoms with Gasteiger partial charge in [0.1, 0.15) is 0 Å². The Morgan fingerprint density at radius 2 is 1.94 bits per heavy atom. The number of nitrogens with one attached hydrogen (secondary N) is 1. The summed E-state index contributed by atoms with van der Waals surface area (Å²) in [5, 5.41) is 15.1. The molecule has 0 radical (unpaired) electrons. The van der Waals surface area contributed by atoms with E-state index in [4.69, 9.17) is 0 Å². The molecule has 3 aromatic rings. The third-order valence-corrected chi connectivity index (χ3v) is 5.32. The summed E-state index contributed by atoms with van der Waals surface area (Å²) in [5.74, 6) is 0.0448. The summed E-state index contributed by atoms with van der Waals surface area (Å²) in [6.45, 7) is 11.8. The molecule has 31 heavy (non-hydrogen) atoms. The molecule has 0 aliphatic rings. The molecular weight excluding hydrogens is 386 g/mol. The standard InChI is InChI=1S/C26H29N3O2/c1-5-11-23(30)21-16-27-25-19(24(31)17-29(6-2)7-3)13-10-14-20(25)26(21)28-22-15-9-8-12-18(22)4/h6-10,12-16,24,31H,2-3,5,11,17H2,1,4H3,(H,27,28). The summed E-state index contributed by atoms with van der Waals surface area (Å²) < 4.78 is 0. The van der Waals surface area contributed by atoms with Gasteiger partial charge in [-0.2, -0.15) is 0 Å². The Balaban J connectivity index is 2.16. The number of carbonyl (C=O) groups excluding carboxylic acids is 1. The fourth-order valence-corrected chi connectivity index (χ4v) is 3.59. The number of aromatic nitrogens is 1. The first kappa shape index (κ1) is 22.2. The lowest BCUT2D eigenvalue weighted by Crippen LogP contribution is -2.18. The third-order valence-electron chi connectivity index (χ3n) is 5.32. The second-order valence-corrected chi connectivity index (χ2v) is 7.48. The largest absolute Gasteiger partial charge is 0.386 e. The van der Waals surface area contributed by atoms with Gasteiger partial charge >= 0.3 is 0 Å². The van der Waals surface area contributed by atoms with Gasteiger partial charge in [0.05, 0.1) is 29.4 Å². The molecule has 1 unspecified atom stereocenters. The van der Waals surface area contributed by atoms with Crippen molar-refractivity contribution in [1.29, 1.82) is 0 Å². The fourth-order valence-electron chi connectivity index (χ4n) is 3.59. The molecule has 5 nitrogen and oxygen atoms in total. The molecule has 5 heteroatoms. The lowest BCUT2D eigenvalue weighted by molar-refractivity contribution is 0.0982. The summed E-state index contributed by atoms with van der Waals surface area (Å²) in [5.41, 5.74) is 4.63. The smallest absolute Gasteiger partial charge is 0.166 e. The van der Waals surface area contributed by atoms with Crippen molar-refractivity contribution in [3.63, 3.8) is 0 Å². The Morgan fingerprint density at radius 1 is 1.19 bits per heavy atom. The summed E-state index contributed by atoms with van der Waals surface area (Å²) in [4.78, 5) is 19.2. The molecule has 0 bridgehead atoms. The van der Waals surface area contributed by atoms with Crippen LogP contribution >= 0.6 is 0 Å². The molecule has 0 saturated heterocycles. The number of ketones is 1. The van der Waals surface area contributed by atoms with Crippen molar-refractivity contribution in [3.8, 4) is 0 Å². The normalized spacial score (nSPS) is 11.7. The van der Waals surface area contributed by atoms with Crippen LogP contribution in [0.2, 0.25) is 0 Å². The number of pyridine rings is 1. The lowest BCUT2D eigenvalue weighted by atomic mass is 9.98. The maximum atomic E-state index is 12.9. The van der Waals surface area contributed by atoms with E-state index in [0.29, 0.717) is 29.6 Å². The minimum absolute atomic E-state index is 0.0448. The number of aryl methyl sites for hydroxylation is 1. The van der Waals surface area contributed by atoms with Crippen molar-refractivity contribution in [2.24, 2.45) is 0 Å². The molecule has 1 aromatic heterocycles. The van der Waals surface area contributed by atoms with E-state index in [1.807, 2.05) is 56.3 Å². The SMILES string of the molecule is C=CN(C=C)CC(O)c1cccc2c(Nc3ccccc3C)c(C(=O)CCC)cnc12. The van der Waals surface area contributed by atoms with E-state index >= 15 is 0 Å². The quantitative estimate of drug-likeness (QED) is 0.404. The van der Waals surface area contributed by atoms with Crippen LogP contribution < -0.4 is 5.32 Å². The molecule has 0 saturated carbocycles. The van der Waals surface area contributed by atoms with Crippen LogP contribution in [0.1, 0.15) is 47.4 Å². The molecule has 1 atom stereocenters. The Morgan fingerprint density at radius 3 is 2.61 bits per heavy atom. The van der Waals surface area contributed by atoms with Crippen molar-refractivity contribution in [2.45, 2.75) is 32.8 Å². The third kappa shape index (κ3) is 4.84. The van der Waals surface area contributed by atoms with E-state index in [9.17, 15) is 9.90 Å². The van der Waals surface area contributed by atoms with Crippen LogP contribution in [0.15, 0.2) is 74.2 Å². The van der Waals surface area contributed by atoms with Crippen molar-refractivity contribution >= 4 is 28.1 Å². The maximum Gasteiger partial charge on any atom is 0.166 e. The minimum Gasteiger partial charge on any atom is -0.386 e. The van der Waals surface area contributed by atoms with Crippen molar-refractivity contribution in [1.82, 2.24) is 9.88 Å². The Kier molecular flexibility index (Phi) is 7.21. The number of hydrogen-bond donors (Lipinski definition) is 2. The highest BCUT2D eigenvalue weighted by Crippen LogP contribution is 2.34. The lowest BCUT2D eigenvalue weighted by Gasteiger charge is -2.21. The number of rotatable bonds is 10. The first-order chi connectivity index (χ1) is 15.0. The Labute approximate surface area is 183 Å². The number of Topliss-reactive ketones (excluding diaryl/α,β-unsaturated/α-hetero) is 1. The average molecular weight is 416 g/mol. The predicted molar refractivity (Wildman–Crippen MR) is 128 cm³/mol. The molecule has 0 amide bonds. The van der Waals surface area contributed by atoms with Crippen molar-refractivity contribution < 1.29 is 9.90 Å². The molecule has 2 aromatic carbocycles. The zero-order chi connectivity index (χ0) is 22.4. The van der Waals surface area contributed by atoms with Gasteiger partial charge < -0.3 is 15.3 Å². The number of carbonyl (C=O) groups is 1. The van der Waals surface area contributed by atoms with Gasteiger partial charge in [0.15, 0.2) is 5.78 Å². The van der Waals surface area contributed by atoms with Gasteiger partial charge in [-0.05, 0) is 37.4 Å². The van der Waals surface area contributed by atoms with Crippen LogP contribution in [0.5, 0.6) is 0 Å². The second kappa shape index (κ2) is 10.0. The maximum absolute atomic E-state index is 12.9. The molecule has 0 fully saturated rings. The topological polar surface area (TPSA) is 65.5 Å². The highest BCUT2D eigenvalue weighted by molar-refractivity contribution is 6.09. The van der Waals surface area contributed by atoms with Gasteiger partial charge in [0.25, 0.3) is 0 Å². The molecule has 3 rings (SSSR count). The van der Waals surface area contributed by atoms with E-state index in [1.54, 1.807) is 23.5 Å². The molecule has 2 N–H and O–H groups in total. The molecule has 0 aliphatic heterocycles. The zero-order valence-corrected chi connectivity index (χ0v) is 18.1. The second-order valence-electron chi connectivity index (χ2n) is 7.48. The molecule has 160 valence electrons. The van der Waals surface area contributed by atoms with E-state index in [2.05, 4.69) is 23.5 Å². The number of benzene rings is 2. The summed E-state index contributed by atoms with van der Waals surface area (Å²) >= 11 is 0. The minimum atomic E-state index is -0.796. The molecule has 0 spiro atoms. The molecule has 1 heterocycles. The van der Waals surface area contributed by atoms with Gasteiger partial charge in [-0.1, -0.05) is 56.5 Å². The van der Waals surface area contributed by atoms with Gasteiger partial charge in [-0.15, -0.1) is 0 Å². The van der Waals surface area contributed by atoms with Crippen LogP contribution in [-0.4, -0.2) is 27.3 Å². The average Bonchev–Trinajstić information content (AvgIpc) is 2.78. The van der Waals surface area contributed by atoms with Gasteiger partial charge in [0.2, 0.25) is 0 Å². The first-order valence-corrected chi connectivity index (χ1v) is 10.5. The van der Waals surface area contributed by atoms with E-state index in [1.165, 1.54) is 0 Å². The van der Waals surface area contributed by atoms with Crippen LogP contribution in [0, 0.1) is 6.92 Å². The Bertz CT molecular complexity index is 1100.